The highest BCUT2D eigenvalue weighted by Crippen LogP contribution is 2.18. The van der Waals surface area contributed by atoms with Gasteiger partial charge in [0, 0.05) is 10.2 Å². The van der Waals surface area contributed by atoms with E-state index in [1.165, 1.54) is 0 Å². The van der Waals surface area contributed by atoms with E-state index in [1.807, 2.05) is 24.3 Å². The summed E-state index contributed by atoms with van der Waals surface area (Å²) in [6.07, 6.45) is 0.272. The fourth-order valence-electron chi connectivity index (χ4n) is 1.74. The van der Waals surface area contributed by atoms with Crippen LogP contribution in [0.25, 0.3) is 0 Å². The Hall–Kier alpha value is -1.85. The second-order valence-electron chi connectivity index (χ2n) is 4.46. The van der Waals surface area contributed by atoms with Crippen LogP contribution in [0.1, 0.15) is 12.0 Å². The Bertz CT molecular complexity index is 599. The van der Waals surface area contributed by atoms with E-state index >= 15 is 0 Å². The Labute approximate surface area is 131 Å². The number of aliphatic hydroxyl groups excluding tert-OH is 1. The van der Waals surface area contributed by atoms with Crippen LogP contribution < -0.4 is 10.1 Å². The Morgan fingerprint density at radius 2 is 1.95 bits per heavy atom. The summed E-state index contributed by atoms with van der Waals surface area (Å²) in [4.78, 5) is 11.8. The van der Waals surface area contributed by atoms with Gasteiger partial charge in [-0.15, -0.1) is 0 Å². The number of amides is 1. The lowest BCUT2D eigenvalue weighted by molar-refractivity contribution is -0.116. The largest absolute Gasteiger partial charge is 0.493 e. The predicted octanol–water partition coefficient (Wildman–Crippen LogP) is 3.35. The van der Waals surface area contributed by atoms with Crippen molar-refractivity contribution in [2.45, 2.75) is 13.0 Å². The molecule has 110 valence electrons. The zero-order valence-corrected chi connectivity index (χ0v) is 13.0. The van der Waals surface area contributed by atoms with Crippen molar-refractivity contribution in [3.8, 4) is 5.75 Å². The van der Waals surface area contributed by atoms with Gasteiger partial charge in [0.2, 0.25) is 5.91 Å². The molecule has 0 aromatic heterocycles. The van der Waals surface area contributed by atoms with Gasteiger partial charge in [-0.3, -0.25) is 4.79 Å². The molecule has 0 heterocycles. The number of ether oxygens (including phenoxy) is 1. The second-order valence-corrected chi connectivity index (χ2v) is 5.37. The minimum atomic E-state index is -0.109. The molecule has 5 heteroatoms. The first kappa shape index (κ1) is 15.5. The average molecular weight is 350 g/mol. The fraction of sp³-hybridized carbons (Fsp3) is 0.188. The summed E-state index contributed by atoms with van der Waals surface area (Å²) in [7, 11) is 0. The van der Waals surface area contributed by atoms with Crippen LogP contribution in [-0.4, -0.2) is 17.6 Å². The van der Waals surface area contributed by atoms with Crippen molar-refractivity contribution in [2.75, 3.05) is 11.9 Å². The van der Waals surface area contributed by atoms with Crippen LogP contribution in [0.4, 0.5) is 5.69 Å². The zero-order chi connectivity index (χ0) is 15.1. The molecule has 0 aliphatic rings. The maximum absolute atomic E-state index is 11.8. The molecule has 0 fully saturated rings. The molecule has 0 aliphatic carbocycles. The molecule has 2 aromatic carbocycles. The van der Waals surface area contributed by atoms with Gasteiger partial charge in [0.1, 0.15) is 5.75 Å². The van der Waals surface area contributed by atoms with Crippen LogP contribution in [0.5, 0.6) is 5.75 Å². The maximum Gasteiger partial charge on any atom is 0.227 e. The van der Waals surface area contributed by atoms with E-state index in [0.717, 1.165) is 15.8 Å². The van der Waals surface area contributed by atoms with Crippen molar-refractivity contribution in [3.05, 3.63) is 58.6 Å². The molecular weight excluding hydrogens is 334 g/mol. The number of anilines is 1. The monoisotopic (exact) mass is 349 g/mol. The fourth-order valence-corrected chi connectivity index (χ4v) is 2.11. The summed E-state index contributed by atoms with van der Waals surface area (Å²) < 4.78 is 6.45. The predicted molar refractivity (Wildman–Crippen MR) is 85.2 cm³/mol. The number of carbonyl (C=O) groups is 1. The zero-order valence-electron chi connectivity index (χ0n) is 11.4. The van der Waals surface area contributed by atoms with E-state index in [9.17, 15) is 4.79 Å². The van der Waals surface area contributed by atoms with E-state index in [1.54, 1.807) is 24.3 Å². The van der Waals surface area contributed by atoms with Gasteiger partial charge in [-0.2, -0.15) is 0 Å². The highest BCUT2D eigenvalue weighted by atomic mass is 79.9. The SMILES string of the molecule is O=C(CCOc1cccc(Br)c1)Nc1ccc(CO)cc1. The number of aliphatic hydroxyl groups is 1. The molecule has 0 bridgehead atoms. The van der Waals surface area contributed by atoms with E-state index < -0.39 is 0 Å². The Morgan fingerprint density at radius 3 is 2.62 bits per heavy atom. The number of hydrogen-bond acceptors (Lipinski definition) is 3. The first-order chi connectivity index (χ1) is 10.2. The van der Waals surface area contributed by atoms with Gasteiger partial charge in [-0.25, -0.2) is 0 Å². The van der Waals surface area contributed by atoms with Gasteiger partial charge in [0.25, 0.3) is 0 Å². The second kappa shape index (κ2) is 7.81. The summed E-state index contributed by atoms with van der Waals surface area (Å²) in [5, 5.41) is 11.7. The van der Waals surface area contributed by atoms with Gasteiger partial charge < -0.3 is 15.2 Å². The van der Waals surface area contributed by atoms with E-state index in [-0.39, 0.29) is 18.9 Å². The van der Waals surface area contributed by atoms with Gasteiger partial charge in [-0.05, 0) is 35.9 Å². The number of hydrogen-bond donors (Lipinski definition) is 2. The third-order valence-corrected chi connectivity index (χ3v) is 3.31. The summed E-state index contributed by atoms with van der Waals surface area (Å²) in [5.74, 6) is 0.617. The topological polar surface area (TPSA) is 58.6 Å². The molecule has 0 saturated heterocycles. The summed E-state index contributed by atoms with van der Waals surface area (Å²) in [5.41, 5.74) is 1.52. The Kier molecular flexibility index (Phi) is 5.78. The maximum atomic E-state index is 11.8. The lowest BCUT2D eigenvalue weighted by atomic mass is 10.2. The summed E-state index contributed by atoms with van der Waals surface area (Å²) in [6.45, 7) is 0.311. The van der Waals surface area contributed by atoms with Crippen LogP contribution in [-0.2, 0) is 11.4 Å². The number of carbonyl (C=O) groups excluding carboxylic acids is 1. The lowest BCUT2D eigenvalue weighted by Crippen LogP contribution is -2.15. The first-order valence-corrected chi connectivity index (χ1v) is 7.34. The summed E-state index contributed by atoms with van der Waals surface area (Å²) >= 11 is 3.36. The molecule has 0 radical (unpaired) electrons. The molecule has 21 heavy (non-hydrogen) atoms. The highest BCUT2D eigenvalue weighted by Gasteiger charge is 2.03. The van der Waals surface area contributed by atoms with Gasteiger partial charge >= 0.3 is 0 Å². The van der Waals surface area contributed by atoms with Gasteiger partial charge in [0.15, 0.2) is 0 Å². The molecule has 2 rings (SSSR count). The van der Waals surface area contributed by atoms with Crippen molar-refractivity contribution in [2.24, 2.45) is 0 Å². The van der Waals surface area contributed by atoms with Crippen LogP contribution in [0, 0.1) is 0 Å². The lowest BCUT2D eigenvalue weighted by Gasteiger charge is -2.08. The molecule has 2 aromatic rings. The molecule has 4 nitrogen and oxygen atoms in total. The number of halogens is 1. The quantitative estimate of drug-likeness (QED) is 0.840. The van der Waals surface area contributed by atoms with Crippen LogP contribution in [0.15, 0.2) is 53.0 Å². The third kappa shape index (κ3) is 5.21. The van der Waals surface area contributed by atoms with Crippen molar-refractivity contribution in [3.63, 3.8) is 0 Å². The number of nitrogens with one attached hydrogen (secondary N) is 1. The van der Waals surface area contributed by atoms with Crippen LogP contribution in [0.2, 0.25) is 0 Å². The van der Waals surface area contributed by atoms with E-state index in [4.69, 9.17) is 9.84 Å². The van der Waals surface area contributed by atoms with Crippen LogP contribution >= 0.6 is 15.9 Å². The molecule has 0 spiro atoms. The first-order valence-electron chi connectivity index (χ1n) is 6.55. The molecule has 1 amide bonds. The molecular formula is C16H16BrNO3. The van der Waals surface area contributed by atoms with E-state index in [0.29, 0.717) is 12.3 Å². The molecule has 0 unspecified atom stereocenters. The molecule has 2 N–H and O–H groups in total. The van der Waals surface area contributed by atoms with Crippen molar-refractivity contribution in [1.82, 2.24) is 0 Å². The summed E-state index contributed by atoms with van der Waals surface area (Å²) in [6, 6.07) is 14.6. The third-order valence-electron chi connectivity index (χ3n) is 2.81. The van der Waals surface area contributed by atoms with Crippen molar-refractivity contribution >= 4 is 27.5 Å². The van der Waals surface area contributed by atoms with Crippen molar-refractivity contribution < 1.29 is 14.6 Å². The van der Waals surface area contributed by atoms with Gasteiger partial charge in [0.05, 0.1) is 19.6 Å². The Morgan fingerprint density at radius 1 is 1.19 bits per heavy atom. The molecule has 0 aliphatic heterocycles. The normalized spacial score (nSPS) is 10.2. The smallest absolute Gasteiger partial charge is 0.227 e. The van der Waals surface area contributed by atoms with E-state index in [2.05, 4.69) is 21.2 Å². The van der Waals surface area contributed by atoms with Gasteiger partial charge in [-0.1, -0.05) is 34.1 Å². The average Bonchev–Trinajstić information content (AvgIpc) is 2.48. The standard InChI is InChI=1S/C16H16BrNO3/c17-13-2-1-3-15(10-13)21-9-8-16(20)18-14-6-4-12(11-19)5-7-14/h1-7,10,19H,8-9,11H2,(H,18,20). The van der Waals surface area contributed by atoms with Crippen molar-refractivity contribution in [1.29, 1.82) is 0 Å². The molecule has 0 saturated carbocycles. The van der Waals surface area contributed by atoms with Crippen LogP contribution in [0.3, 0.4) is 0 Å². The minimum Gasteiger partial charge on any atom is -0.493 e. The molecule has 0 atom stereocenters. The minimum absolute atomic E-state index is 0.00526. The Balaban J connectivity index is 1.76. The number of rotatable bonds is 6. The number of benzene rings is 2. The highest BCUT2D eigenvalue weighted by molar-refractivity contribution is 9.10.